The number of aryl methyl sites for hydroxylation is 1. The molecule has 0 bridgehead atoms. The van der Waals surface area contributed by atoms with Crippen LogP contribution in [0.4, 0.5) is 15.8 Å². The van der Waals surface area contributed by atoms with Gasteiger partial charge in [0.1, 0.15) is 17.6 Å². The molecule has 1 aromatic heterocycles. The van der Waals surface area contributed by atoms with Gasteiger partial charge in [-0.1, -0.05) is 6.07 Å². The van der Waals surface area contributed by atoms with Gasteiger partial charge in [0.25, 0.3) is 11.8 Å². The van der Waals surface area contributed by atoms with Crippen LogP contribution in [0.15, 0.2) is 54.9 Å². The monoisotopic (exact) mass is 598 g/mol. The lowest BCUT2D eigenvalue weighted by Gasteiger charge is -2.27. The number of hydrogen-bond acceptors (Lipinski definition) is 8. The van der Waals surface area contributed by atoms with Gasteiger partial charge in [0.2, 0.25) is 17.7 Å². The van der Waals surface area contributed by atoms with Crippen molar-refractivity contribution < 1.29 is 33.5 Å². The summed E-state index contributed by atoms with van der Waals surface area (Å²) in [4.78, 5) is 63.7. The van der Waals surface area contributed by atoms with Gasteiger partial charge in [-0.05, 0) is 55.1 Å². The summed E-state index contributed by atoms with van der Waals surface area (Å²) in [6, 6.07) is 9.97. The Morgan fingerprint density at radius 2 is 1.95 bits per heavy atom. The molecule has 1 saturated heterocycles. The molecule has 5 amide bonds. The maximum absolute atomic E-state index is 14.4. The third-order valence-electron chi connectivity index (χ3n) is 7.78. The fourth-order valence-corrected chi connectivity index (χ4v) is 5.45. The van der Waals surface area contributed by atoms with Crippen molar-refractivity contribution in [1.82, 2.24) is 20.0 Å². The summed E-state index contributed by atoms with van der Waals surface area (Å²) >= 11 is 0. The van der Waals surface area contributed by atoms with Gasteiger partial charge in [0, 0.05) is 60.0 Å². The lowest BCUT2D eigenvalue weighted by atomic mass is 10.0. The van der Waals surface area contributed by atoms with E-state index in [9.17, 15) is 33.5 Å². The van der Waals surface area contributed by atoms with Crippen molar-refractivity contribution in [3.63, 3.8) is 0 Å². The van der Waals surface area contributed by atoms with Crippen LogP contribution < -0.4 is 16.0 Å². The molecule has 4 N–H and O–H groups in total. The maximum Gasteiger partial charge on any atom is 0.264 e. The molecule has 12 nitrogen and oxygen atoms in total. The number of hydrogen-bond donors (Lipinski definition) is 4. The Labute approximate surface area is 249 Å². The minimum atomic E-state index is -1.05. The number of imide groups is 2. The number of nitrogens with zero attached hydrogens (tertiary/aromatic N) is 3. The van der Waals surface area contributed by atoms with Crippen LogP contribution >= 0.6 is 0 Å². The molecule has 13 heteroatoms. The van der Waals surface area contributed by atoms with Gasteiger partial charge < -0.3 is 15.7 Å². The number of halogens is 1. The molecule has 2 aliphatic rings. The molecular formula is C31H27FN6O6. The number of carbonyl (C=O) groups excluding carboxylic acids is 5. The minimum absolute atomic E-state index is 0.0381. The number of carbonyl (C=O) groups is 5. The standard InChI is InChI=1S/C31H27FN6O6/c1-16-24(39)12-18-11-19(5-6-20(18)28(16)32)35-26(41)9-10-37-15-17(14-34-37)13-33-22-4-2-3-21-27(22)31(44)38(30(21)43)23-7-8-25(40)36-29(23)42/h2-6,11-12,14-15,23,33,39H,7-10,13H2,1H3,(H,35,41)(H,36,40,42). The van der Waals surface area contributed by atoms with Crippen molar-refractivity contribution >= 4 is 51.7 Å². The largest absolute Gasteiger partial charge is 0.508 e. The summed E-state index contributed by atoms with van der Waals surface area (Å²) in [5, 5.41) is 23.1. The first kappa shape index (κ1) is 28.5. The zero-order valence-electron chi connectivity index (χ0n) is 23.5. The van der Waals surface area contributed by atoms with Crippen LogP contribution in [0.3, 0.4) is 0 Å². The Morgan fingerprint density at radius 3 is 2.75 bits per heavy atom. The van der Waals surface area contributed by atoms with E-state index in [1.54, 1.807) is 47.4 Å². The number of nitrogens with one attached hydrogen (secondary N) is 3. The van der Waals surface area contributed by atoms with Crippen molar-refractivity contribution in [3.05, 3.63) is 82.9 Å². The lowest BCUT2D eigenvalue weighted by Crippen LogP contribution is -2.54. The normalized spacial score (nSPS) is 16.3. The average molecular weight is 599 g/mol. The summed E-state index contributed by atoms with van der Waals surface area (Å²) in [7, 11) is 0. The molecule has 2 aliphatic heterocycles. The predicted molar refractivity (Wildman–Crippen MR) is 156 cm³/mol. The third kappa shape index (κ3) is 5.23. The van der Waals surface area contributed by atoms with Crippen LogP contribution in [0.25, 0.3) is 10.8 Å². The smallest absolute Gasteiger partial charge is 0.264 e. The molecule has 1 unspecified atom stereocenters. The van der Waals surface area contributed by atoms with Gasteiger partial charge in [-0.3, -0.25) is 38.9 Å². The molecule has 3 aromatic carbocycles. The van der Waals surface area contributed by atoms with Crippen molar-refractivity contribution in [3.8, 4) is 5.75 Å². The zero-order chi connectivity index (χ0) is 31.1. The number of phenolic OH excluding ortho intramolecular Hbond substituents is 1. The molecule has 1 atom stereocenters. The van der Waals surface area contributed by atoms with E-state index in [0.29, 0.717) is 22.1 Å². The fraction of sp³-hybridized carbons (Fsp3) is 0.226. The second kappa shape index (κ2) is 11.2. The molecule has 224 valence electrons. The van der Waals surface area contributed by atoms with E-state index in [2.05, 4.69) is 21.0 Å². The summed E-state index contributed by atoms with van der Waals surface area (Å²) in [6.45, 7) is 2.04. The lowest BCUT2D eigenvalue weighted by molar-refractivity contribution is -0.136. The van der Waals surface area contributed by atoms with E-state index in [4.69, 9.17) is 0 Å². The molecule has 3 heterocycles. The van der Waals surface area contributed by atoms with Gasteiger partial charge in [-0.2, -0.15) is 5.10 Å². The Hall–Kier alpha value is -5.59. The maximum atomic E-state index is 14.4. The van der Waals surface area contributed by atoms with Gasteiger partial charge in [-0.15, -0.1) is 0 Å². The van der Waals surface area contributed by atoms with E-state index in [0.717, 1.165) is 10.5 Å². The summed E-state index contributed by atoms with van der Waals surface area (Å²) in [5.74, 6) is -3.24. The summed E-state index contributed by atoms with van der Waals surface area (Å²) in [5.41, 5.74) is 2.14. The third-order valence-corrected chi connectivity index (χ3v) is 7.78. The van der Waals surface area contributed by atoms with Crippen molar-refractivity contribution in [2.24, 2.45) is 0 Å². The molecule has 0 saturated carbocycles. The number of benzene rings is 3. The number of piperidine rings is 1. The van der Waals surface area contributed by atoms with Crippen molar-refractivity contribution in [2.45, 2.75) is 45.3 Å². The first-order chi connectivity index (χ1) is 21.1. The zero-order valence-corrected chi connectivity index (χ0v) is 23.5. The minimum Gasteiger partial charge on any atom is -0.508 e. The van der Waals surface area contributed by atoms with E-state index in [1.165, 1.54) is 19.1 Å². The predicted octanol–water partition coefficient (Wildman–Crippen LogP) is 3.23. The molecular weight excluding hydrogens is 571 g/mol. The Balaban J connectivity index is 1.06. The number of amides is 5. The Bertz CT molecular complexity index is 1880. The van der Waals surface area contributed by atoms with Gasteiger partial charge in [0.05, 0.1) is 17.3 Å². The quantitative estimate of drug-likeness (QED) is 0.225. The van der Waals surface area contributed by atoms with E-state index in [1.807, 2.05) is 0 Å². The van der Waals surface area contributed by atoms with Gasteiger partial charge in [0.15, 0.2) is 0 Å². The van der Waals surface area contributed by atoms with E-state index < -0.39 is 35.5 Å². The number of phenols is 1. The number of rotatable bonds is 8. The highest BCUT2D eigenvalue weighted by molar-refractivity contribution is 6.25. The van der Waals surface area contributed by atoms with Gasteiger partial charge in [-0.25, -0.2) is 4.39 Å². The van der Waals surface area contributed by atoms with Crippen molar-refractivity contribution in [1.29, 1.82) is 0 Å². The Morgan fingerprint density at radius 1 is 1.14 bits per heavy atom. The van der Waals surface area contributed by atoms with E-state index >= 15 is 0 Å². The topological polar surface area (TPSA) is 163 Å². The molecule has 0 radical (unpaired) electrons. The van der Waals surface area contributed by atoms with Crippen molar-refractivity contribution in [2.75, 3.05) is 10.6 Å². The number of anilines is 2. The molecule has 0 aliphatic carbocycles. The second-order valence-electron chi connectivity index (χ2n) is 10.7. The first-order valence-corrected chi connectivity index (χ1v) is 13.9. The van der Waals surface area contributed by atoms with Crippen LogP contribution in [0.2, 0.25) is 0 Å². The number of aromatic nitrogens is 2. The molecule has 0 spiro atoms. The van der Waals surface area contributed by atoms with Gasteiger partial charge >= 0.3 is 0 Å². The number of fused-ring (bicyclic) bond motifs is 2. The van der Waals surface area contributed by atoms with Crippen LogP contribution in [-0.2, 0) is 27.5 Å². The second-order valence-corrected chi connectivity index (χ2v) is 10.7. The summed E-state index contributed by atoms with van der Waals surface area (Å²) in [6.07, 6.45) is 3.58. The van der Waals surface area contributed by atoms with Crippen LogP contribution in [-0.4, -0.2) is 55.4 Å². The molecule has 6 rings (SSSR count). The SMILES string of the molecule is Cc1c(O)cc2cc(NC(=O)CCn3cc(CNc4cccc5c4C(=O)N(C4CCC(=O)NC4=O)C5=O)cn3)ccc2c1F. The number of aromatic hydroxyl groups is 1. The fourth-order valence-electron chi connectivity index (χ4n) is 5.45. The average Bonchev–Trinajstić information content (AvgIpc) is 3.56. The van der Waals surface area contributed by atoms with Crippen LogP contribution in [0, 0.1) is 12.7 Å². The van der Waals surface area contributed by atoms with Crippen LogP contribution in [0.1, 0.15) is 51.1 Å². The molecule has 44 heavy (non-hydrogen) atoms. The Kier molecular flexibility index (Phi) is 7.29. The molecule has 4 aromatic rings. The highest BCUT2D eigenvalue weighted by atomic mass is 19.1. The van der Waals surface area contributed by atoms with E-state index in [-0.39, 0.29) is 60.7 Å². The molecule has 1 fully saturated rings. The van der Waals surface area contributed by atoms with Crippen LogP contribution in [0.5, 0.6) is 5.75 Å². The first-order valence-electron chi connectivity index (χ1n) is 13.9. The highest BCUT2D eigenvalue weighted by Gasteiger charge is 2.45. The highest BCUT2D eigenvalue weighted by Crippen LogP contribution is 2.33. The summed E-state index contributed by atoms with van der Waals surface area (Å²) < 4.78 is 16.0.